The number of rotatable bonds is 38. The fraction of sp³-hybridized carbons (Fsp3) is 1.00. The zero-order valence-electron chi connectivity index (χ0n) is 29.8. The second-order valence-electron chi connectivity index (χ2n) is 14.2. The molecule has 0 aliphatic rings. The molecule has 260 valence electrons. The van der Waals surface area contributed by atoms with Crippen molar-refractivity contribution in [3.05, 3.63) is 0 Å². The SMILES string of the molecule is CCCCCCCCCCCCCCCCCCC(O)CCCC(O)CCCCCCCCCCCCCCCCCN. The fourth-order valence-corrected chi connectivity index (χ4v) is 6.63. The van der Waals surface area contributed by atoms with Crippen LogP contribution in [0.3, 0.4) is 0 Å². The summed E-state index contributed by atoms with van der Waals surface area (Å²) in [5.74, 6) is 0. The second kappa shape index (κ2) is 38.1. The lowest BCUT2D eigenvalue weighted by Gasteiger charge is -2.13. The van der Waals surface area contributed by atoms with Crippen LogP contribution >= 0.6 is 0 Å². The van der Waals surface area contributed by atoms with Crippen molar-refractivity contribution in [2.24, 2.45) is 5.73 Å². The molecule has 0 bridgehead atoms. The first-order valence-corrected chi connectivity index (χ1v) is 20.3. The minimum absolute atomic E-state index is 0.162. The van der Waals surface area contributed by atoms with Gasteiger partial charge < -0.3 is 15.9 Å². The fourth-order valence-electron chi connectivity index (χ4n) is 6.63. The molecule has 0 saturated heterocycles. The summed E-state index contributed by atoms with van der Waals surface area (Å²) >= 11 is 0. The van der Waals surface area contributed by atoms with Gasteiger partial charge in [0.2, 0.25) is 0 Å². The lowest BCUT2D eigenvalue weighted by molar-refractivity contribution is 0.121. The van der Waals surface area contributed by atoms with E-state index in [1.165, 1.54) is 186 Å². The Bertz CT molecular complexity index is 443. The number of aliphatic hydroxyl groups is 2. The van der Waals surface area contributed by atoms with E-state index in [2.05, 4.69) is 6.92 Å². The highest BCUT2D eigenvalue weighted by atomic mass is 16.3. The van der Waals surface area contributed by atoms with E-state index < -0.39 is 0 Å². The molecule has 43 heavy (non-hydrogen) atoms. The number of aliphatic hydroxyl groups excluding tert-OH is 2. The van der Waals surface area contributed by atoms with Gasteiger partial charge >= 0.3 is 0 Å². The highest BCUT2D eigenvalue weighted by Gasteiger charge is 2.08. The second-order valence-corrected chi connectivity index (χ2v) is 14.2. The summed E-state index contributed by atoms with van der Waals surface area (Å²) in [7, 11) is 0. The molecule has 0 aromatic heterocycles. The standard InChI is InChI=1S/C40H83NO2/c1-2-3-4-5-6-7-8-9-10-12-15-18-21-24-27-30-34-39(42)36-33-37-40(43)35-31-28-25-22-19-16-13-11-14-17-20-23-26-29-32-38-41/h39-40,42-43H,2-38,41H2,1H3. The van der Waals surface area contributed by atoms with Gasteiger partial charge in [0.05, 0.1) is 12.2 Å². The summed E-state index contributed by atoms with van der Waals surface area (Å²) in [6, 6.07) is 0. The Balaban J connectivity index is 3.25. The lowest BCUT2D eigenvalue weighted by Crippen LogP contribution is -2.10. The van der Waals surface area contributed by atoms with Crippen molar-refractivity contribution >= 4 is 0 Å². The summed E-state index contributed by atoms with van der Waals surface area (Å²) in [6.07, 6.45) is 46.8. The van der Waals surface area contributed by atoms with E-state index in [0.717, 1.165) is 51.5 Å². The molecule has 0 amide bonds. The van der Waals surface area contributed by atoms with Crippen LogP contribution in [0.25, 0.3) is 0 Å². The molecule has 0 aromatic carbocycles. The van der Waals surface area contributed by atoms with Crippen molar-refractivity contribution in [1.29, 1.82) is 0 Å². The quantitative estimate of drug-likeness (QED) is 0.0610. The summed E-state index contributed by atoms with van der Waals surface area (Å²) in [5.41, 5.74) is 5.54. The average molecular weight is 610 g/mol. The molecule has 4 N–H and O–H groups in total. The zero-order chi connectivity index (χ0) is 31.3. The van der Waals surface area contributed by atoms with E-state index in [4.69, 9.17) is 5.73 Å². The van der Waals surface area contributed by atoms with Crippen molar-refractivity contribution in [3.8, 4) is 0 Å². The Morgan fingerprint density at radius 3 is 0.767 bits per heavy atom. The number of unbranched alkanes of at least 4 members (excludes halogenated alkanes) is 29. The highest BCUT2D eigenvalue weighted by Crippen LogP contribution is 2.18. The Morgan fingerprint density at radius 1 is 0.302 bits per heavy atom. The smallest absolute Gasteiger partial charge is 0.0540 e. The molecule has 2 unspecified atom stereocenters. The maximum atomic E-state index is 10.3. The van der Waals surface area contributed by atoms with Gasteiger partial charge in [0.1, 0.15) is 0 Å². The normalized spacial score (nSPS) is 13.1. The van der Waals surface area contributed by atoms with Crippen LogP contribution in [0.1, 0.15) is 238 Å². The average Bonchev–Trinajstić information content (AvgIpc) is 3.00. The molecule has 0 aliphatic carbocycles. The van der Waals surface area contributed by atoms with Gasteiger partial charge in [-0.05, 0) is 45.1 Å². The summed E-state index contributed by atoms with van der Waals surface area (Å²) in [5, 5.41) is 20.6. The molecular formula is C40H83NO2. The van der Waals surface area contributed by atoms with Gasteiger partial charge in [0.25, 0.3) is 0 Å². The molecule has 3 nitrogen and oxygen atoms in total. The van der Waals surface area contributed by atoms with Crippen LogP contribution in [0.5, 0.6) is 0 Å². The van der Waals surface area contributed by atoms with Crippen molar-refractivity contribution < 1.29 is 10.2 Å². The van der Waals surface area contributed by atoms with Gasteiger partial charge in [-0.2, -0.15) is 0 Å². The first-order chi connectivity index (χ1) is 21.2. The van der Waals surface area contributed by atoms with Crippen molar-refractivity contribution in [1.82, 2.24) is 0 Å². The van der Waals surface area contributed by atoms with Gasteiger partial charge in [-0.3, -0.25) is 0 Å². The highest BCUT2D eigenvalue weighted by molar-refractivity contribution is 4.62. The molecular weight excluding hydrogens is 526 g/mol. The first kappa shape index (κ1) is 42.9. The van der Waals surface area contributed by atoms with Crippen LogP contribution in [-0.2, 0) is 0 Å². The molecule has 0 saturated carbocycles. The molecule has 0 fully saturated rings. The molecule has 2 atom stereocenters. The van der Waals surface area contributed by atoms with Gasteiger partial charge in [0, 0.05) is 0 Å². The van der Waals surface area contributed by atoms with E-state index in [1.54, 1.807) is 0 Å². The van der Waals surface area contributed by atoms with E-state index in [-0.39, 0.29) is 12.2 Å². The van der Waals surface area contributed by atoms with Gasteiger partial charge in [-0.15, -0.1) is 0 Å². The molecule has 3 heteroatoms. The zero-order valence-corrected chi connectivity index (χ0v) is 29.8. The maximum absolute atomic E-state index is 10.3. The Kier molecular flexibility index (Phi) is 38.0. The molecule has 0 spiro atoms. The van der Waals surface area contributed by atoms with E-state index in [1.807, 2.05) is 0 Å². The van der Waals surface area contributed by atoms with Gasteiger partial charge in [0.15, 0.2) is 0 Å². The van der Waals surface area contributed by atoms with Gasteiger partial charge in [-0.1, -0.05) is 200 Å². The molecule has 0 aliphatic heterocycles. The molecule has 0 rings (SSSR count). The number of hydrogen-bond donors (Lipinski definition) is 3. The van der Waals surface area contributed by atoms with Crippen LogP contribution in [0.15, 0.2) is 0 Å². The third-order valence-corrected chi connectivity index (χ3v) is 9.71. The Hall–Kier alpha value is -0.120. The van der Waals surface area contributed by atoms with Crippen LogP contribution in [0, 0.1) is 0 Å². The summed E-state index contributed by atoms with van der Waals surface area (Å²) in [6.45, 7) is 3.15. The third-order valence-electron chi connectivity index (χ3n) is 9.71. The maximum Gasteiger partial charge on any atom is 0.0540 e. The van der Waals surface area contributed by atoms with Crippen LogP contribution < -0.4 is 5.73 Å². The summed E-state index contributed by atoms with van der Waals surface area (Å²) in [4.78, 5) is 0. The Labute approximate surface area is 272 Å². The molecule has 0 aromatic rings. The third kappa shape index (κ3) is 38.0. The lowest BCUT2D eigenvalue weighted by atomic mass is 9.99. The van der Waals surface area contributed by atoms with E-state index in [0.29, 0.717) is 0 Å². The van der Waals surface area contributed by atoms with E-state index in [9.17, 15) is 10.2 Å². The Morgan fingerprint density at radius 2 is 0.512 bits per heavy atom. The van der Waals surface area contributed by atoms with Crippen molar-refractivity contribution in [2.75, 3.05) is 6.54 Å². The summed E-state index contributed by atoms with van der Waals surface area (Å²) < 4.78 is 0. The monoisotopic (exact) mass is 610 g/mol. The number of hydrogen-bond acceptors (Lipinski definition) is 3. The van der Waals surface area contributed by atoms with E-state index >= 15 is 0 Å². The molecule has 0 heterocycles. The number of nitrogens with two attached hydrogens (primary N) is 1. The first-order valence-electron chi connectivity index (χ1n) is 20.3. The van der Waals surface area contributed by atoms with Crippen LogP contribution in [0.4, 0.5) is 0 Å². The van der Waals surface area contributed by atoms with Crippen molar-refractivity contribution in [2.45, 2.75) is 250 Å². The largest absolute Gasteiger partial charge is 0.393 e. The minimum atomic E-state index is -0.164. The van der Waals surface area contributed by atoms with Crippen LogP contribution in [0.2, 0.25) is 0 Å². The predicted molar refractivity (Wildman–Crippen MR) is 193 cm³/mol. The minimum Gasteiger partial charge on any atom is -0.393 e. The van der Waals surface area contributed by atoms with Crippen LogP contribution in [-0.4, -0.2) is 29.0 Å². The van der Waals surface area contributed by atoms with Crippen molar-refractivity contribution in [3.63, 3.8) is 0 Å². The molecule has 0 radical (unpaired) electrons. The predicted octanol–water partition coefficient (Wildman–Crippen LogP) is 12.7. The topological polar surface area (TPSA) is 66.5 Å². The van der Waals surface area contributed by atoms with Gasteiger partial charge in [-0.25, -0.2) is 0 Å².